The molecule has 114 valence electrons. The molecular weight excluding hydrogens is 266 g/mol. The minimum atomic E-state index is 0.283. The summed E-state index contributed by atoms with van der Waals surface area (Å²) in [6, 6.07) is 7.51. The van der Waals surface area contributed by atoms with Gasteiger partial charge < -0.3 is 14.2 Å². The molecule has 4 nitrogen and oxygen atoms in total. The number of methoxy groups -OCH3 is 1. The molecule has 1 aliphatic rings. The van der Waals surface area contributed by atoms with Crippen molar-refractivity contribution in [1.29, 1.82) is 0 Å². The number of morpholine rings is 1. The standard InChI is InChI=1S/C17H23NO3/c1-14-12-18(13-15(2)21-14)10-4-5-11-20-17-8-6-16(19-3)7-9-17/h6-9,14-15H,10-13H2,1-3H3/t14-,15-/m1/s1. The predicted molar refractivity (Wildman–Crippen MR) is 82.7 cm³/mol. The number of benzene rings is 1. The normalized spacial score (nSPS) is 22.2. The van der Waals surface area contributed by atoms with Gasteiger partial charge in [0, 0.05) is 13.1 Å². The van der Waals surface area contributed by atoms with Crippen LogP contribution in [0.1, 0.15) is 13.8 Å². The van der Waals surface area contributed by atoms with E-state index in [9.17, 15) is 0 Å². The Morgan fingerprint density at radius 3 is 2.33 bits per heavy atom. The van der Waals surface area contributed by atoms with E-state index < -0.39 is 0 Å². The molecule has 1 saturated heterocycles. The molecule has 0 amide bonds. The fraction of sp³-hybridized carbons (Fsp3) is 0.529. The van der Waals surface area contributed by atoms with Crippen LogP contribution < -0.4 is 9.47 Å². The van der Waals surface area contributed by atoms with Gasteiger partial charge in [-0.05, 0) is 38.1 Å². The van der Waals surface area contributed by atoms with E-state index in [1.807, 2.05) is 24.3 Å². The monoisotopic (exact) mass is 289 g/mol. The zero-order valence-corrected chi connectivity index (χ0v) is 13.0. The van der Waals surface area contributed by atoms with Crippen molar-refractivity contribution in [3.05, 3.63) is 24.3 Å². The number of nitrogens with zero attached hydrogens (tertiary/aromatic N) is 1. The quantitative estimate of drug-likeness (QED) is 0.795. The molecule has 0 N–H and O–H groups in total. The van der Waals surface area contributed by atoms with E-state index in [1.54, 1.807) is 7.11 Å². The van der Waals surface area contributed by atoms with Crippen LogP contribution in [0.25, 0.3) is 0 Å². The summed E-state index contributed by atoms with van der Waals surface area (Å²) in [6.07, 6.45) is 0.567. The first-order chi connectivity index (χ1) is 10.2. The molecule has 21 heavy (non-hydrogen) atoms. The molecule has 0 aromatic heterocycles. The predicted octanol–water partition coefficient (Wildman–Crippen LogP) is 2.19. The number of rotatable bonds is 4. The second-order valence-electron chi connectivity index (χ2n) is 5.27. The van der Waals surface area contributed by atoms with Crippen molar-refractivity contribution in [1.82, 2.24) is 4.90 Å². The third kappa shape index (κ3) is 5.30. The molecule has 1 aliphatic heterocycles. The van der Waals surface area contributed by atoms with Gasteiger partial charge in [-0.1, -0.05) is 11.8 Å². The Morgan fingerprint density at radius 2 is 1.71 bits per heavy atom. The summed E-state index contributed by atoms with van der Waals surface area (Å²) in [4.78, 5) is 2.32. The average molecular weight is 289 g/mol. The number of hydrogen-bond acceptors (Lipinski definition) is 4. The Morgan fingerprint density at radius 1 is 1.10 bits per heavy atom. The van der Waals surface area contributed by atoms with Gasteiger partial charge in [-0.15, -0.1) is 0 Å². The molecule has 0 bridgehead atoms. The van der Waals surface area contributed by atoms with Gasteiger partial charge >= 0.3 is 0 Å². The van der Waals surface area contributed by atoms with Crippen LogP contribution in [0.2, 0.25) is 0 Å². The maximum absolute atomic E-state index is 5.70. The molecule has 0 saturated carbocycles. The third-order valence-corrected chi connectivity index (χ3v) is 3.29. The van der Waals surface area contributed by atoms with E-state index in [0.717, 1.165) is 31.1 Å². The second kappa shape index (κ2) is 7.92. The van der Waals surface area contributed by atoms with Crippen LogP contribution in [0.15, 0.2) is 24.3 Å². The van der Waals surface area contributed by atoms with Crippen LogP contribution in [0.4, 0.5) is 0 Å². The van der Waals surface area contributed by atoms with Crippen molar-refractivity contribution in [2.45, 2.75) is 26.1 Å². The van der Waals surface area contributed by atoms with E-state index in [0.29, 0.717) is 6.61 Å². The zero-order chi connectivity index (χ0) is 15.1. The van der Waals surface area contributed by atoms with Gasteiger partial charge in [0.15, 0.2) is 0 Å². The Hall–Kier alpha value is -1.70. The fourth-order valence-corrected chi connectivity index (χ4v) is 2.42. The van der Waals surface area contributed by atoms with Crippen LogP contribution in [0.5, 0.6) is 11.5 Å². The van der Waals surface area contributed by atoms with Crippen LogP contribution in [-0.2, 0) is 4.74 Å². The van der Waals surface area contributed by atoms with Crippen molar-refractivity contribution in [2.24, 2.45) is 0 Å². The van der Waals surface area contributed by atoms with Crippen molar-refractivity contribution >= 4 is 0 Å². The van der Waals surface area contributed by atoms with Crippen LogP contribution in [-0.4, -0.2) is 50.5 Å². The minimum absolute atomic E-state index is 0.283. The highest BCUT2D eigenvalue weighted by molar-refractivity contribution is 5.31. The topological polar surface area (TPSA) is 30.9 Å². The zero-order valence-electron chi connectivity index (χ0n) is 13.0. The van der Waals surface area contributed by atoms with Crippen molar-refractivity contribution in [3.8, 4) is 23.3 Å². The Kier molecular flexibility index (Phi) is 5.91. The van der Waals surface area contributed by atoms with Crippen molar-refractivity contribution in [2.75, 3.05) is 33.4 Å². The van der Waals surface area contributed by atoms with Gasteiger partial charge in [0.1, 0.15) is 18.1 Å². The fourth-order valence-electron chi connectivity index (χ4n) is 2.42. The summed E-state index contributed by atoms with van der Waals surface area (Å²) in [5.74, 6) is 7.84. The molecule has 1 aromatic carbocycles. The smallest absolute Gasteiger partial charge is 0.149 e. The van der Waals surface area contributed by atoms with Gasteiger partial charge in [-0.25, -0.2) is 0 Å². The van der Waals surface area contributed by atoms with Gasteiger partial charge in [0.05, 0.1) is 25.9 Å². The number of hydrogen-bond donors (Lipinski definition) is 0. The highest BCUT2D eigenvalue weighted by Crippen LogP contribution is 2.16. The second-order valence-corrected chi connectivity index (χ2v) is 5.27. The van der Waals surface area contributed by atoms with E-state index in [-0.39, 0.29) is 12.2 Å². The molecule has 0 aliphatic carbocycles. The first-order valence-electron chi connectivity index (χ1n) is 7.27. The van der Waals surface area contributed by atoms with E-state index in [4.69, 9.17) is 14.2 Å². The highest BCUT2D eigenvalue weighted by atomic mass is 16.5. The van der Waals surface area contributed by atoms with E-state index in [2.05, 4.69) is 30.6 Å². The van der Waals surface area contributed by atoms with Crippen LogP contribution >= 0.6 is 0 Å². The molecule has 0 unspecified atom stereocenters. The molecule has 4 heteroatoms. The van der Waals surface area contributed by atoms with Crippen LogP contribution in [0, 0.1) is 11.8 Å². The Labute approximate surface area is 127 Å². The summed E-state index contributed by atoms with van der Waals surface area (Å²) in [5, 5.41) is 0. The third-order valence-electron chi connectivity index (χ3n) is 3.29. The SMILES string of the molecule is COc1ccc(OCC#CCN2C[C@@H](C)O[C@H](C)C2)cc1. The van der Waals surface area contributed by atoms with Crippen molar-refractivity contribution in [3.63, 3.8) is 0 Å². The van der Waals surface area contributed by atoms with Gasteiger partial charge in [-0.3, -0.25) is 4.90 Å². The first-order valence-corrected chi connectivity index (χ1v) is 7.27. The lowest BCUT2D eigenvalue weighted by Crippen LogP contribution is -2.45. The summed E-state index contributed by atoms with van der Waals surface area (Å²) in [6.45, 7) is 7.26. The summed E-state index contributed by atoms with van der Waals surface area (Å²) >= 11 is 0. The molecule has 1 aromatic rings. The van der Waals surface area contributed by atoms with Gasteiger partial charge in [0.25, 0.3) is 0 Å². The maximum atomic E-state index is 5.70. The maximum Gasteiger partial charge on any atom is 0.149 e. The summed E-state index contributed by atoms with van der Waals surface area (Å²) in [5.41, 5.74) is 0. The lowest BCUT2D eigenvalue weighted by atomic mass is 10.2. The largest absolute Gasteiger partial charge is 0.497 e. The Bertz CT molecular complexity index is 479. The lowest BCUT2D eigenvalue weighted by Gasteiger charge is -2.34. The molecule has 1 fully saturated rings. The van der Waals surface area contributed by atoms with Crippen molar-refractivity contribution < 1.29 is 14.2 Å². The molecule has 2 atom stereocenters. The van der Waals surface area contributed by atoms with Gasteiger partial charge in [0.2, 0.25) is 0 Å². The molecule has 0 spiro atoms. The minimum Gasteiger partial charge on any atom is -0.497 e. The van der Waals surface area contributed by atoms with E-state index in [1.165, 1.54) is 0 Å². The molecule has 1 heterocycles. The summed E-state index contributed by atoms with van der Waals surface area (Å²) in [7, 11) is 1.65. The van der Waals surface area contributed by atoms with Crippen LogP contribution in [0.3, 0.4) is 0 Å². The number of ether oxygens (including phenoxy) is 3. The highest BCUT2D eigenvalue weighted by Gasteiger charge is 2.20. The van der Waals surface area contributed by atoms with E-state index >= 15 is 0 Å². The molecule has 2 rings (SSSR count). The van der Waals surface area contributed by atoms with Gasteiger partial charge in [-0.2, -0.15) is 0 Å². The average Bonchev–Trinajstić information content (AvgIpc) is 2.46. The lowest BCUT2D eigenvalue weighted by molar-refractivity contribution is -0.0640. The first kappa shape index (κ1) is 15.7. The molecule has 0 radical (unpaired) electrons. The molecular formula is C17H23NO3. The Balaban J connectivity index is 1.71. The summed E-state index contributed by atoms with van der Waals surface area (Å²) < 4.78 is 16.4.